The van der Waals surface area contributed by atoms with Crippen molar-refractivity contribution in [2.24, 2.45) is 0 Å². The number of ether oxygens (including phenoxy) is 3. The van der Waals surface area contributed by atoms with Gasteiger partial charge in [0.05, 0.1) is 16.9 Å². The predicted octanol–water partition coefficient (Wildman–Crippen LogP) is 0.384. The Hall–Kier alpha value is -4.07. The van der Waals surface area contributed by atoms with Crippen LogP contribution in [0.5, 0.6) is 23.0 Å². The van der Waals surface area contributed by atoms with Gasteiger partial charge >= 0.3 is 17.2 Å². The summed E-state index contributed by atoms with van der Waals surface area (Å²) >= 11 is 0. The number of phenols is 3. The minimum absolute atomic E-state index is 0.0800. The SMILES string of the molecule is CC(=O)O[C@@H]1[C@@H](O)[C@H](C)O[C@@H](Oc2cc3c(=O)oc4c(O)c(O)cc5c(=O)oc(c2O)c3c45)[C@@H]1O. The van der Waals surface area contributed by atoms with E-state index in [0.29, 0.717) is 0 Å². The van der Waals surface area contributed by atoms with Gasteiger partial charge in [-0.3, -0.25) is 4.79 Å². The van der Waals surface area contributed by atoms with Crippen molar-refractivity contribution in [2.75, 3.05) is 0 Å². The lowest BCUT2D eigenvalue weighted by atomic mass is 9.99. The molecule has 0 radical (unpaired) electrons. The second-order valence-corrected chi connectivity index (χ2v) is 8.13. The minimum atomic E-state index is -1.71. The molecule has 5 rings (SSSR count). The van der Waals surface area contributed by atoms with E-state index in [9.17, 15) is 39.9 Å². The maximum absolute atomic E-state index is 12.7. The lowest BCUT2D eigenvalue weighted by Crippen LogP contribution is -2.59. The van der Waals surface area contributed by atoms with Crippen molar-refractivity contribution in [2.45, 2.75) is 44.6 Å². The molecule has 13 nitrogen and oxygen atoms in total. The summed E-state index contributed by atoms with van der Waals surface area (Å²) in [4.78, 5) is 36.7. The highest BCUT2D eigenvalue weighted by atomic mass is 16.7. The van der Waals surface area contributed by atoms with Gasteiger partial charge in [-0.25, -0.2) is 9.59 Å². The van der Waals surface area contributed by atoms with Crippen molar-refractivity contribution in [3.8, 4) is 23.0 Å². The Kier molecular flexibility index (Phi) is 5.01. The minimum Gasteiger partial charge on any atom is -0.504 e. The van der Waals surface area contributed by atoms with Gasteiger partial charge in [-0.15, -0.1) is 0 Å². The molecule has 13 heteroatoms. The summed E-state index contributed by atoms with van der Waals surface area (Å²) in [6.45, 7) is 2.51. The normalized spacial score (nSPS) is 24.9. The first-order valence-corrected chi connectivity index (χ1v) is 10.3. The van der Waals surface area contributed by atoms with Crippen molar-refractivity contribution in [3.63, 3.8) is 0 Å². The van der Waals surface area contributed by atoms with Gasteiger partial charge in [0.1, 0.15) is 6.10 Å². The summed E-state index contributed by atoms with van der Waals surface area (Å²) in [6, 6.07) is 1.97. The van der Waals surface area contributed by atoms with E-state index in [1.54, 1.807) is 0 Å². The van der Waals surface area contributed by atoms with Gasteiger partial charge in [0.25, 0.3) is 0 Å². The molecule has 3 heterocycles. The van der Waals surface area contributed by atoms with Crippen LogP contribution in [0, 0.1) is 0 Å². The number of esters is 1. The first kappa shape index (κ1) is 22.7. The van der Waals surface area contributed by atoms with E-state index in [0.717, 1.165) is 19.1 Å². The third kappa shape index (κ3) is 3.31. The van der Waals surface area contributed by atoms with Crippen LogP contribution in [-0.4, -0.2) is 62.2 Å². The van der Waals surface area contributed by atoms with Crippen LogP contribution in [0.2, 0.25) is 0 Å². The predicted molar refractivity (Wildman–Crippen MR) is 115 cm³/mol. The van der Waals surface area contributed by atoms with Gasteiger partial charge < -0.3 is 48.6 Å². The Balaban J connectivity index is 1.69. The van der Waals surface area contributed by atoms with Crippen molar-refractivity contribution < 1.29 is 53.4 Å². The fraction of sp³-hybridized carbons (Fsp3) is 0.318. The van der Waals surface area contributed by atoms with Gasteiger partial charge in [0.2, 0.25) is 17.8 Å². The van der Waals surface area contributed by atoms with Crippen LogP contribution in [0.4, 0.5) is 0 Å². The average molecular weight is 490 g/mol. The number of rotatable bonds is 3. The van der Waals surface area contributed by atoms with Crippen LogP contribution < -0.4 is 16.0 Å². The molecular weight excluding hydrogens is 472 g/mol. The zero-order chi connectivity index (χ0) is 25.3. The van der Waals surface area contributed by atoms with E-state index in [1.807, 2.05) is 0 Å². The lowest BCUT2D eigenvalue weighted by Gasteiger charge is -2.40. The summed E-state index contributed by atoms with van der Waals surface area (Å²) in [6.07, 6.45) is -7.08. The van der Waals surface area contributed by atoms with E-state index in [4.69, 9.17) is 23.0 Å². The highest BCUT2D eigenvalue weighted by Crippen LogP contribution is 2.45. The molecule has 5 N–H and O–H groups in total. The van der Waals surface area contributed by atoms with Crippen LogP contribution in [0.1, 0.15) is 13.8 Å². The smallest absolute Gasteiger partial charge is 0.344 e. The molecule has 5 atom stereocenters. The van der Waals surface area contributed by atoms with E-state index in [2.05, 4.69) is 0 Å². The monoisotopic (exact) mass is 490 g/mol. The number of aromatic hydroxyl groups is 3. The molecule has 0 unspecified atom stereocenters. The zero-order valence-corrected chi connectivity index (χ0v) is 18.0. The molecule has 0 spiro atoms. The molecule has 1 aliphatic heterocycles. The number of carbonyl (C=O) groups is 1. The van der Waals surface area contributed by atoms with E-state index in [1.165, 1.54) is 6.92 Å². The second-order valence-electron chi connectivity index (χ2n) is 8.13. The summed E-state index contributed by atoms with van der Waals surface area (Å²) < 4.78 is 26.3. The fourth-order valence-corrected chi connectivity index (χ4v) is 4.21. The standard InChI is InChI=1S/C22H18O13/c1-5-13(25)19(32-6(2)23)16(28)22(31-5)33-10-4-8-12-11-7(20(29)35-18(12)15(10)27)3-9(24)14(26)17(11)34-21(8)30/h3-5,13,16,19,22,24-28H,1-2H3/t5-,13-,16+,19+,22-/m0/s1. The number of hydrogen-bond donors (Lipinski definition) is 5. The molecule has 2 aromatic heterocycles. The van der Waals surface area contributed by atoms with Crippen LogP contribution in [0.25, 0.3) is 32.7 Å². The summed E-state index contributed by atoms with van der Waals surface area (Å²) in [7, 11) is 0. The molecule has 0 aliphatic carbocycles. The maximum atomic E-state index is 12.7. The number of carbonyl (C=O) groups excluding carboxylic acids is 1. The van der Waals surface area contributed by atoms with E-state index in [-0.39, 0.29) is 21.5 Å². The first-order valence-electron chi connectivity index (χ1n) is 10.3. The Morgan fingerprint density at radius 2 is 1.49 bits per heavy atom. The molecule has 184 valence electrons. The molecule has 0 amide bonds. The van der Waals surface area contributed by atoms with Crippen LogP contribution in [0.3, 0.4) is 0 Å². The Labute approximate surface area is 193 Å². The lowest BCUT2D eigenvalue weighted by molar-refractivity contribution is -0.272. The zero-order valence-electron chi connectivity index (χ0n) is 18.0. The van der Waals surface area contributed by atoms with E-state index < -0.39 is 82.1 Å². The van der Waals surface area contributed by atoms with Crippen molar-refractivity contribution in [1.82, 2.24) is 0 Å². The molecule has 1 fully saturated rings. The maximum Gasteiger partial charge on any atom is 0.344 e. The quantitative estimate of drug-likeness (QED) is 0.114. The van der Waals surface area contributed by atoms with Crippen molar-refractivity contribution >= 4 is 38.7 Å². The number of aliphatic hydroxyl groups is 2. The van der Waals surface area contributed by atoms with Gasteiger partial charge in [-0.1, -0.05) is 0 Å². The van der Waals surface area contributed by atoms with Gasteiger partial charge in [0, 0.05) is 17.7 Å². The third-order valence-corrected chi connectivity index (χ3v) is 5.86. The Morgan fingerprint density at radius 1 is 0.914 bits per heavy atom. The molecule has 35 heavy (non-hydrogen) atoms. The highest BCUT2D eigenvalue weighted by molar-refractivity contribution is 6.22. The van der Waals surface area contributed by atoms with E-state index >= 15 is 0 Å². The molecule has 4 aromatic rings. The highest BCUT2D eigenvalue weighted by Gasteiger charge is 2.46. The first-order chi connectivity index (χ1) is 16.5. The van der Waals surface area contributed by atoms with Crippen molar-refractivity contribution in [1.29, 1.82) is 0 Å². The molecule has 0 saturated carbocycles. The molecule has 0 bridgehead atoms. The number of benzene rings is 2. The molecular formula is C22H18O13. The average Bonchev–Trinajstić information content (AvgIpc) is 2.79. The van der Waals surface area contributed by atoms with Crippen LogP contribution >= 0.6 is 0 Å². The van der Waals surface area contributed by atoms with Crippen molar-refractivity contribution in [3.05, 3.63) is 33.0 Å². The molecule has 1 aliphatic rings. The number of aliphatic hydroxyl groups excluding tert-OH is 2. The number of phenolic OH excluding ortho intramolecular Hbond substituents is 3. The Bertz CT molecular complexity index is 1600. The van der Waals surface area contributed by atoms with Gasteiger partial charge in [-0.2, -0.15) is 0 Å². The fourth-order valence-electron chi connectivity index (χ4n) is 4.21. The van der Waals surface area contributed by atoms with Gasteiger partial charge in [0.15, 0.2) is 34.9 Å². The molecule has 2 aromatic carbocycles. The van der Waals surface area contributed by atoms with Crippen LogP contribution in [0.15, 0.2) is 30.6 Å². The van der Waals surface area contributed by atoms with Gasteiger partial charge in [-0.05, 0) is 19.1 Å². The number of hydrogen-bond acceptors (Lipinski definition) is 13. The third-order valence-electron chi connectivity index (χ3n) is 5.86. The summed E-state index contributed by atoms with van der Waals surface area (Å²) in [5.41, 5.74) is -3.04. The summed E-state index contributed by atoms with van der Waals surface area (Å²) in [5, 5.41) is 51.0. The largest absolute Gasteiger partial charge is 0.504 e. The topological polar surface area (TPSA) is 206 Å². The van der Waals surface area contributed by atoms with Crippen LogP contribution in [-0.2, 0) is 14.3 Å². The summed E-state index contributed by atoms with van der Waals surface area (Å²) in [5.74, 6) is -3.50. The Morgan fingerprint density at radius 3 is 2.09 bits per heavy atom. The molecule has 1 saturated heterocycles. The second kappa shape index (κ2) is 7.73.